The number of benzene rings is 1. The van der Waals surface area contributed by atoms with Gasteiger partial charge in [-0.1, -0.05) is 25.1 Å². The van der Waals surface area contributed by atoms with Crippen molar-refractivity contribution in [2.24, 2.45) is 0 Å². The van der Waals surface area contributed by atoms with E-state index < -0.39 is 0 Å². The van der Waals surface area contributed by atoms with Gasteiger partial charge in [0.2, 0.25) is 5.88 Å². The molecule has 0 amide bonds. The van der Waals surface area contributed by atoms with Gasteiger partial charge in [-0.3, -0.25) is 0 Å². The highest BCUT2D eigenvalue weighted by atomic mass is 16.5. The Bertz CT molecular complexity index is 733. The quantitative estimate of drug-likeness (QED) is 0.786. The van der Waals surface area contributed by atoms with E-state index in [-0.39, 0.29) is 0 Å². The van der Waals surface area contributed by atoms with Crippen molar-refractivity contribution in [3.05, 3.63) is 42.4 Å². The summed E-state index contributed by atoms with van der Waals surface area (Å²) in [6, 6.07) is 10.1. The molecule has 0 spiro atoms. The molecule has 0 unspecified atom stereocenters. The number of fused-ring (bicyclic) bond motifs is 1. The van der Waals surface area contributed by atoms with Gasteiger partial charge in [-0.15, -0.1) is 0 Å². The van der Waals surface area contributed by atoms with Crippen LogP contribution in [0.5, 0.6) is 5.88 Å². The van der Waals surface area contributed by atoms with Gasteiger partial charge in [0.1, 0.15) is 5.82 Å². The molecule has 1 aromatic carbocycles. The minimum absolute atomic E-state index is 0.621. The van der Waals surface area contributed by atoms with Gasteiger partial charge in [-0.2, -0.15) is 0 Å². The van der Waals surface area contributed by atoms with Crippen LogP contribution in [0, 0.1) is 0 Å². The van der Waals surface area contributed by atoms with Crippen LogP contribution in [0.4, 0.5) is 0 Å². The summed E-state index contributed by atoms with van der Waals surface area (Å²) in [4.78, 5) is 12.3. The van der Waals surface area contributed by atoms with Gasteiger partial charge < -0.3 is 9.72 Å². The molecule has 0 aliphatic heterocycles. The van der Waals surface area contributed by atoms with E-state index >= 15 is 0 Å². The Kier molecular flexibility index (Phi) is 3.37. The van der Waals surface area contributed by atoms with Crippen molar-refractivity contribution in [2.75, 3.05) is 7.11 Å². The fourth-order valence-corrected chi connectivity index (χ4v) is 2.31. The van der Waals surface area contributed by atoms with Gasteiger partial charge in [-0.25, -0.2) is 9.97 Å². The first-order chi connectivity index (χ1) is 9.81. The van der Waals surface area contributed by atoms with Crippen LogP contribution in [-0.4, -0.2) is 22.1 Å². The lowest BCUT2D eigenvalue weighted by molar-refractivity contribution is 0.401. The lowest BCUT2D eigenvalue weighted by Crippen LogP contribution is -1.93. The molecule has 0 saturated heterocycles. The number of methoxy groups -OCH3 is 1. The predicted molar refractivity (Wildman–Crippen MR) is 79.9 cm³/mol. The molecule has 4 nitrogen and oxygen atoms in total. The van der Waals surface area contributed by atoms with Crippen LogP contribution >= 0.6 is 0 Å². The Hall–Kier alpha value is -2.36. The molecule has 1 N–H and O–H groups in total. The first kappa shape index (κ1) is 12.7. The zero-order valence-electron chi connectivity index (χ0n) is 11.7. The van der Waals surface area contributed by atoms with E-state index in [1.54, 1.807) is 7.11 Å². The van der Waals surface area contributed by atoms with Crippen molar-refractivity contribution in [3.8, 4) is 17.1 Å². The molecule has 0 radical (unpaired) electrons. The fourth-order valence-electron chi connectivity index (χ4n) is 2.31. The number of pyridine rings is 1. The van der Waals surface area contributed by atoms with Crippen LogP contribution in [0.25, 0.3) is 22.2 Å². The summed E-state index contributed by atoms with van der Waals surface area (Å²) in [5.74, 6) is 1.62. The standard InChI is InChI=1S/C16H17N3O/c1-3-6-15-17-10-14(18-15)12-9-11-7-4-5-8-13(11)19-16(12)20-2/h4-5,7-10H,3,6H2,1-2H3,(H,17,18). The molecule has 4 heteroatoms. The van der Waals surface area contributed by atoms with E-state index in [4.69, 9.17) is 4.74 Å². The molecule has 0 fully saturated rings. The number of imidazole rings is 1. The fraction of sp³-hybridized carbons (Fsp3) is 0.250. The third kappa shape index (κ3) is 2.25. The van der Waals surface area contributed by atoms with E-state index in [0.717, 1.165) is 40.8 Å². The molecule has 3 aromatic rings. The molecule has 0 bridgehead atoms. The highest BCUT2D eigenvalue weighted by Gasteiger charge is 2.12. The number of para-hydroxylation sites is 1. The first-order valence-electron chi connectivity index (χ1n) is 6.80. The second-order valence-electron chi connectivity index (χ2n) is 4.73. The van der Waals surface area contributed by atoms with Crippen LogP contribution in [0.3, 0.4) is 0 Å². The average Bonchev–Trinajstić information content (AvgIpc) is 2.94. The molecular weight excluding hydrogens is 250 g/mol. The third-order valence-electron chi connectivity index (χ3n) is 3.29. The van der Waals surface area contributed by atoms with Gasteiger partial charge in [0, 0.05) is 11.8 Å². The average molecular weight is 267 g/mol. The molecule has 102 valence electrons. The lowest BCUT2D eigenvalue weighted by Gasteiger charge is -2.07. The molecule has 2 aromatic heterocycles. The minimum Gasteiger partial charge on any atom is -0.480 e. The number of hydrogen-bond acceptors (Lipinski definition) is 3. The van der Waals surface area contributed by atoms with E-state index in [0.29, 0.717) is 5.88 Å². The number of nitrogens with zero attached hydrogens (tertiary/aromatic N) is 2. The monoisotopic (exact) mass is 267 g/mol. The highest BCUT2D eigenvalue weighted by molar-refractivity contribution is 5.85. The zero-order chi connectivity index (χ0) is 13.9. The van der Waals surface area contributed by atoms with Gasteiger partial charge in [0.15, 0.2) is 0 Å². The maximum Gasteiger partial charge on any atom is 0.223 e. The molecule has 2 heterocycles. The van der Waals surface area contributed by atoms with Crippen molar-refractivity contribution in [1.82, 2.24) is 15.0 Å². The predicted octanol–water partition coefficient (Wildman–Crippen LogP) is 3.59. The smallest absolute Gasteiger partial charge is 0.223 e. The summed E-state index contributed by atoms with van der Waals surface area (Å²) in [7, 11) is 1.64. The van der Waals surface area contributed by atoms with Crippen LogP contribution in [0.15, 0.2) is 36.5 Å². The second kappa shape index (κ2) is 5.33. The van der Waals surface area contributed by atoms with Crippen molar-refractivity contribution in [1.29, 1.82) is 0 Å². The number of aromatic nitrogens is 3. The van der Waals surface area contributed by atoms with Gasteiger partial charge in [-0.05, 0) is 18.6 Å². The summed E-state index contributed by atoms with van der Waals surface area (Å²) in [6.07, 6.45) is 3.86. The summed E-state index contributed by atoms with van der Waals surface area (Å²) < 4.78 is 5.42. The topological polar surface area (TPSA) is 50.8 Å². The Morgan fingerprint density at radius 3 is 2.90 bits per heavy atom. The van der Waals surface area contributed by atoms with Crippen LogP contribution < -0.4 is 4.74 Å². The van der Waals surface area contributed by atoms with Gasteiger partial charge in [0.05, 0.1) is 30.1 Å². The molecule has 0 aliphatic carbocycles. The van der Waals surface area contributed by atoms with Crippen molar-refractivity contribution < 1.29 is 4.74 Å². The molecule has 0 saturated carbocycles. The molecule has 3 rings (SSSR count). The second-order valence-corrected chi connectivity index (χ2v) is 4.73. The maximum absolute atomic E-state index is 5.42. The number of ether oxygens (including phenoxy) is 1. The number of aromatic amines is 1. The normalized spacial score (nSPS) is 10.9. The van der Waals surface area contributed by atoms with E-state index in [1.165, 1.54) is 0 Å². The molecule has 0 aliphatic rings. The SMILES string of the molecule is CCCc1ncc(-c2cc3ccccc3nc2OC)[nH]1. The van der Waals surface area contributed by atoms with Crippen molar-refractivity contribution in [2.45, 2.75) is 19.8 Å². The largest absolute Gasteiger partial charge is 0.480 e. The maximum atomic E-state index is 5.42. The number of rotatable bonds is 4. The van der Waals surface area contributed by atoms with Crippen LogP contribution in [-0.2, 0) is 6.42 Å². The van der Waals surface area contributed by atoms with Gasteiger partial charge >= 0.3 is 0 Å². The Balaban J connectivity index is 2.12. The highest BCUT2D eigenvalue weighted by Crippen LogP contribution is 2.30. The van der Waals surface area contributed by atoms with Gasteiger partial charge in [0.25, 0.3) is 0 Å². The Labute approximate surface area is 117 Å². The Morgan fingerprint density at radius 2 is 2.10 bits per heavy atom. The summed E-state index contributed by atoms with van der Waals surface area (Å²) in [5.41, 5.74) is 2.83. The van der Waals surface area contributed by atoms with Crippen molar-refractivity contribution in [3.63, 3.8) is 0 Å². The number of nitrogens with one attached hydrogen (secondary N) is 1. The van der Waals surface area contributed by atoms with E-state index in [2.05, 4.69) is 34.0 Å². The first-order valence-corrected chi connectivity index (χ1v) is 6.80. The third-order valence-corrected chi connectivity index (χ3v) is 3.29. The molecule has 20 heavy (non-hydrogen) atoms. The number of H-pyrrole nitrogens is 1. The minimum atomic E-state index is 0.621. The summed E-state index contributed by atoms with van der Waals surface area (Å²) in [6.45, 7) is 2.14. The van der Waals surface area contributed by atoms with Crippen molar-refractivity contribution >= 4 is 10.9 Å². The van der Waals surface area contributed by atoms with E-state index in [1.807, 2.05) is 24.4 Å². The molecule has 0 atom stereocenters. The van der Waals surface area contributed by atoms with Crippen LogP contribution in [0.1, 0.15) is 19.2 Å². The number of hydrogen-bond donors (Lipinski definition) is 1. The lowest BCUT2D eigenvalue weighted by atomic mass is 10.1. The molecular formula is C16H17N3O. The summed E-state index contributed by atoms with van der Waals surface area (Å²) in [5, 5.41) is 1.09. The Morgan fingerprint density at radius 1 is 1.25 bits per heavy atom. The van der Waals surface area contributed by atoms with E-state index in [9.17, 15) is 0 Å². The van der Waals surface area contributed by atoms with Crippen LogP contribution in [0.2, 0.25) is 0 Å². The zero-order valence-corrected chi connectivity index (χ0v) is 11.7. The number of aryl methyl sites for hydroxylation is 1. The summed E-state index contributed by atoms with van der Waals surface area (Å²) >= 11 is 0.